The van der Waals surface area contributed by atoms with Crippen LogP contribution in [0.5, 0.6) is 0 Å². The van der Waals surface area contributed by atoms with Gasteiger partial charge >= 0.3 is 0 Å². The number of nitrogens with two attached hydrogens (primary N) is 1. The van der Waals surface area contributed by atoms with Gasteiger partial charge in [-0.25, -0.2) is 0 Å². The first-order valence-corrected chi connectivity index (χ1v) is 5.76. The topological polar surface area (TPSA) is 88.0 Å². The molecule has 0 fully saturated rings. The SMILES string of the molecule is NC(=O)c1ccc2c(c1)C(=Cc1ccc[nH]1)C(=O)N2. The van der Waals surface area contributed by atoms with Crippen LogP contribution in [0, 0.1) is 0 Å². The van der Waals surface area contributed by atoms with Crippen LogP contribution in [0.25, 0.3) is 11.6 Å². The van der Waals surface area contributed by atoms with Gasteiger partial charge in [-0.3, -0.25) is 9.59 Å². The Kier molecular flexibility index (Phi) is 2.45. The van der Waals surface area contributed by atoms with Crippen molar-refractivity contribution in [3.05, 3.63) is 53.3 Å². The van der Waals surface area contributed by atoms with Crippen LogP contribution in [0.4, 0.5) is 5.69 Å². The molecular weight excluding hydrogens is 242 g/mol. The van der Waals surface area contributed by atoms with Crippen molar-refractivity contribution < 1.29 is 9.59 Å². The summed E-state index contributed by atoms with van der Waals surface area (Å²) >= 11 is 0. The quantitative estimate of drug-likeness (QED) is 0.710. The fourth-order valence-corrected chi connectivity index (χ4v) is 2.07. The molecule has 0 bridgehead atoms. The highest BCUT2D eigenvalue weighted by Crippen LogP contribution is 2.33. The molecular formula is C14H11N3O2. The minimum Gasteiger partial charge on any atom is -0.366 e. The third-order valence-electron chi connectivity index (χ3n) is 3.01. The molecule has 4 N–H and O–H groups in total. The summed E-state index contributed by atoms with van der Waals surface area (Å²) in [5.41, 5.74) is 8.35. The van der Waals surface area contributed by atoms with Gasteiger partial charge in [0.15, 0.2) is 0 Å². The first kappa shape index (κ1) is 11.3. The van der Waals surface area contributed by atoms with Crippen LogP contribution < -0.4 is 11.1 Å². The molecule has 1 aromatic carbocycles. The summed E-state index contributed by atoms with van der Waals surface area (Å²) in [5, 5.41) is 2.75. The standard InChI is InChI=1S/C14H11N3O2/c15-13(18)8-3-4-12-10(6-8)11(14(19)17-12)7-9-2-1-5-16-9/h1-7,16H,(H2,15,18)(H,17,19). The number of carbonyl (C=O) groups is 2. The van der Waals surface area contributed by atoms with E-state index in [0.29, 0.717) is 22.4 Å². The minimum atomic E-state index is -0.513. The summed E-state index contributed by atoms with van der Waals surface area (Å²) < 4.78 is 0. The third kappa shape index (κ3) is 1.91. The highest BCUT2D eigenvalue weighted by Gasteiger charge is 2.24. The van der Waals surface area contributed by atoms with Gasteiger partial charge in [-0.15, -0.1) is 0 Å². The molecule has 0 saturated heterocycles. The smallest absolute Gasteiger partial charge is 0.256 e. The highest BCUT2D eigenvalue weighted by molar-refractivity contribution is 6.35. The monoisotopic (exact) mass is 253 g/mol. The lowest BCUT2D eigenvalue weighted by Crippen LogP contribution is -2.10. The van der Waals surface area contributed by atoms with Gasteiger partial charge in [0.25, 0.3) is 5.91 Å². The molecule has 0 aliphatic carbocycles. The first-order valence-electron chi connectivity index (χ1n) is 5.76. The van der Waals surface area contributed by atoms with E-state index in [1.165, 1.54) is 0 Å². The zero-order chi connectivity index (χ0) is 13.4. The lowest BCUT2D eigenvalue weighted by atomic mass is 10.0. The van der Waals surface area contributed by atoms with Gasteiger partial charge < -0.3 is 16.0 Å². The molecule has 19 heavy (non-hydrogen) atoms. The Morgan fingerprint density at radius 2 is 2.11 bits per heavy atom. The summed E-state index contributed by atoms with van der Waals surface area (Å²) in [6.07, 6.45) is 3.52. The Labute approximate surface area is 109 Å². The van der Waals surface area contributed by atoms with E-state index in [0.717, 1.165) is 5.69 Å². The normalized spacial score (nSPS) is 15.4. The summed E-state index contributed by atoms with van der Waals surface area (Å²) in [7, 11) is 0. The lowest BCUT2D eigenvalue weighted by Gasteiger charge is -2.01. The number of amides is 2. The number of aromatic nitrogens is 1. The van der Waals surface area contributed by atoms with E-state index in [9.17, 15) is 9.59 Å². The van der Waals surface area contributed by atoms with Crippen LogP contribution in [-0.4, -0.2) is 16.8 Å². The summed E-state index contributed by atoms with van der Waals surface area (Å²) in [6, 6.07) is 8.61. The van der Waals surface area contributed by atoms with Crippen LogP contribution in [0.1, 0.15) is 21.6 Å². The zero-order valence-corrected chi connectivity index (χ0v) is 9.94. The van der Waals surface area contributed by atoms with E-state index in [1.54, 1.807) is 30.5 Å². The second kappa shape index (κ2) is 4.13. The van der Waals surface area contributed by atoms with E-state index >= 15 is 0 Å². The number of hydrogen-bond acceptors (Lipinski definition) is 2. The average molecular weight is 253 g/mol. The molecule has 5 heteroatoms. The molecule has 0 unspecified atom stereocenters. The molecule has 0 atom stereocenters. The van der Waals surface area contributed by atoms with Crippen LogP contribution >= 0.6 is 0 Å². The molecule has 0 radical (unpaired) electrons. The number of H-pyrrole nitrogens is 1. The van der Waals surface area contributed by atoms with Crippen molar-refractivity contribution >= 4 is 29.2 Å². The molecule has 2 amide bonds. The van der Waals surface area contributed by atoms with Crippen LogP contribution in [-0.2, 0) is 4.79 Å². The van der Waals surface area contributed by atoms with Crippen molar-refractivity contribution in [1.82, 2.24) is 4.98 Å². The number of primary amides is 1. The minimum absolute atomic E-state index is 0.189. The molecule has 1 aliphatic rings. The molecule has 0 saturated carbocycles. The van der Waals surface area contributed by atoms with Gasteiger partial charge in [0.1, 0.15) is 0 Å². The maximum Gasteiger partial charge on any atom is 0.256 e. The molecule has 3 rings (SSSR count). The van der Waals surface area contributed by atoms with Gasteiger partial charge in [-0.2, -0.15) is 0 Å². The van der Waals surface area contributed by atoms with Crippen LogP contribution in [0.3, 0.4) is 0 Å². The summed E-state index contributed by atoms with van der Waals surface area (Å²) in [4.78, 5) is 26.1. The molecule has 0 spiro atoms. The van der Waals surface area contributed by atoms with E-state index in [1.807, 2.05) is 12.1 Å². The summed E-state index contributed by atoms with van der Waals surface area (Å²) in [5.74, 6) is -0.701. The Morgan fingerprint density at radius 1 is 1.26 bits per heavy atom. The third-order valence-corrected chi connectivity index (χ3v) is 3.01. The van der Waals surface area contributed by atoms with E-state index in [-0.39, 0.29) is 5.91 Å². The second-order valence-corrected chi connectivity index (χ2v) is 4.26. The fourth-order valence-electron chi connectivity index (χ4n) is 2.07. The van der Waals surface area contributed by atoms with Crippen molar-refractivity contribution in [2.45, 2.75) is 0 Å². The van der Waals surface area contributed by atoms with Gasteiger partial charge in [-0.1, -0.05) is 0 Å². The number of aromatic amines is 1. The van der Waals surface area contributed by atoms with Crippen molar-refractivity contribution in [3.8, 4) is 0 Å². The average Bonchev–Trinajstić information content (AvgIpc) is 2.98. The van der Waals surface area contributed by atoms with Gasteiger partial charge in [0.2, 0.25) is 5.91 Å². The van der Waals surface area contributed by atoms with Gasteiger partial charge in [0.05, 0.1) is 5.57 Å². The van der Waals surface area contributed by atoms with E-state index in [4.69, 9.17) is 5.73 Å². The molecule has 5 nitrogen and oxygen atoms in total. The number of hydrogen-bond donors (Lipinski definition) is 3. The number of benzene rings is 1. The van der Waals surface area contributed by atoms with Gasteiger partial charge in [-0.05, 0) is 36.4 Å². The maximum atomic E-state index is 11.9. The van der Waals surface area contributed by atoms with E-state index < -0.39 is 5.91 Å². The molecule has 1 aromatic heterocycles. The Bertz CT molecular complexity index is 699. The van der Waals surface area contributed by atoms with E-state index in [2.05, 4.69) is 10.3 Å². The predicted molar refractivity (Wildman–Crippen MR) is 72.3 cm³/mol. The van der Waals surface area contributed by atoms with Crippen LogP contribution in [0.15, 0.2) is 36.5 Å². The van der Waals surface area contributed by atoms with Crippen molar-refractivity contribution in [1.29, 1.82) is 0 Å². The Balaban J connectivity index is 2.12. The van der Waals surface area contributed by atoms with Crippen molar-refractivity contribution in [2.24, 2.45) is 5.73 Å². The molecule has 2 heterocycles. The number of nitrogens with one attached hydrogen (secondary N) is 2. The lowest BCUT2D eigenvalue weighted by molar-refractivity contribution is -0.110. The number of rotatable bonds is 2. The fraction of sp³-hybridized carbons (Fsp3) is 0. The van der Waals surface area contributed by atoms with Crippen molar-refractivity contribution in [3.63, 3.8) is 0 Å². The molecule has 94 valence electrons. The zero-order valence-electron chi connectivity index (χ0n) is 9.94. The van der Waals surface area contributed by atoms with Crippen LogP contribution in [0.2, 0.25) is 0 Å². The van der Waals surface area contributed by atoms with Crippen molar-refractivity contribution in [2.75, 3.05) is 5.32 Å². The van der Waals surface area contributed by atoms with Gasteiger partial charge in [0, 0.05) is 28.7 Å². The number of fused-ring (bicyclic) bond motifs is 1. The molecule has 1 aliphatic heterocycles. The Hall–Kier alpha value is -2.82. The highest BCUT2D eigenvalue weighted by atomic mass is 16.2. The number of anilines is 1. The maximum absolute atomic E-state index is 11.9. The first-order chi connectivity index (χ1) is 9.15. The number of carbonyl (C=O) groups excluding carboxylic acids is 2. The Morgan fingerprint density at radius 3 is 2.79 bits per heavy atom. The summed E-state index contributed by atoms with van der Waals surface area (Å²) in [6.45, 7) is 0. The predicted octanol–water partition coefficient (Wildman–Crippen LogP) is 1.61. The molecule has 2 aromatic rings. The largest absolute Gasteiger partial charge is 0.366 e. The second-order valence-electron chi connectivity index (χ2n) is 4.26.